The predicted octanol–water partition coefficient (Wildman–Crippen LogP) is 1.04. The molecule has 0 atom stereocenters. The molecule has 4 rings (SSSR count). The van der Waals surface area contributed by atoms with Gasteiger partial charge in [-0.15, -0.1) is 0 Å². The van der Waals surface area contributed by atoms with Crippen LogP contribution in [-0.4, -0.2) is 50.2 Å². The Morgan fingerprint density at radius 3 is 2.63 bits per heavy atom. The smallest absolute Gasteiger partial charge is 0.256 e. The molecule has 2 amide bonds. The lowest BCUT2D eigenvalue weighted by molar-refractivity contribution is -0.110. The first-order valence-electron chi connectivity index (χ1n) is 8.37. The molecule has 2 aromatic rings. The van der Waals surface area contributed by atoms with Crippen molar-refractivity contribution in [2.24, 2.45) is 0 Å². The van der Waals surface area contributed by atoms with Crippen molar-refractivity contribution in [3.63, 3.8) is 0 Å². The number of nitrogens with one attached hydrogen (secondary N) is 3. The van der Waals surface area contributed by atoms with Crippen LogP contribution < -0.4 is 10.6 Å². The van der Waals surface area contributed by atoms with Crippen molar-refractivity contribution in [3.05, 3.63) is 46.8 Å². The second kappa shape index (κ2) is 6.07. The van der Waals surface area contributed by atoms with Crippen LogP contribution in [0, 0.1) is 0 Å². The van der Waals surface area contributed by atoms with Crippen molar-refractivity contribution >= 4 is 39.2 Å². The lowest BCUT2D eigenvalue weighted by Gasteiger charge is -2.13. The fourth-order valence-corrected chi connectivity index (χ4v) is 4.22. The number of aromatic amines is 1. The van der Waals surface area contributed by atoms with Crippen LogP contribution >= 0.6 is 0 Å². The molecule has 2 aliphatic rings. The standard InChI is InChI=1S/C18H18N4O4S/c1-22(2)27(25,26)10-3-4-15-12(7-10)13(18(24)21-15)8-16-11-5-6-19-17(23)14(11)9-20-16/h3-4,7-9,20H,5-6H2,1-2H3,(H,19,23)(H,21,24)/b13-8-. The third-order valence-electron chi connectivity index (χ3n) is 4.77. The van der Waals surface area contributed by atoms with Gasteiger partial charge >= 0.3 is 0 Å². The number of amides is 2. The molecule has 0 saturated carbocycles. The minimum absolute atomic E-state index is 0.113. The van der Waals surface area contributed by atoms with Gasteiger partial charge in [0.1, 0.15) is 0 Å². The largest absolute Gasteiger partial charge is 0.361 e. The molecule has 140 valence electrons. The maximum absolute atomic E-state index is 12.5. The number of carbonyl (C=O) groups is 2. The van der Waals surface area contributed by atoms with E-state index in [2.05, 4.69) is 15.6 Å². The number of fused-ring (bicyclic) bond motifs is 2. The highest BCUT2D eigenvalue weighted by molar-refractivity contribution is 7.89. The Kier molecular flexibility index (Phi) is 3.93. The summed E-state index contributed by atoms with van der Waals surface area (Å²) < 4.78 is 26.0. The lowest BCUT2D eigenvalue weighted by atomic mass is 10.00. The van der Waals surface area contributed by atoms with Gasteiger partial charge in [-0.1, -0.05) is 0 Å². The highest BCUT2D eigenvalue weighted by atomic mass is 32.2. The van der Waals surface area contributed by atoms with Crippen LogP contribution in [-0.2, 0) is 21.2 Å². The first-order chi connectivity index (χ1) is 12.8. The molecule has 1 aromatic carbocycles. The second-order valence-electron chi connectivity index (χ2n) is 6.61. The maximum atomic E-state index is 12.5. The van der Waals surface area contributed by atoms with Crippen molar-refractivity contribution in [2.75, 3.05) is 26.0 Å². The summed E-state index contributed by atoms with van der Waals surface area (Å²) in [7, 11) is -0.702. The second-order valence-corrected chi connectivity index (χ2v) is 8.76. The van der Waals surface area contributed by atoms with Crippen LogP contribution in [0.3, 0.4) is 0 Å². The van der Waals surface area contributed by atoms with E-state index >= 15 is 0 Å². The molecule has 27 heavy (non-hydrogen) atoms. The Hall–Kier alpha value is -2.91. The van der Waals surface area contributed by atoms with Crippen LogP contribution in [0.15, 0.2) is 29.3 Å². The summed E-state index contributed by atoms with van der Waals surface area (Å²) in [5.41, 5.74) is 3.53. The Morgan fingerprint density at radius 1 is 1.11 bits per heavy atom. The number of hydrogen-bond donors (Lipinski definition) is 3. The zero-order valence-corrected chi connectivity index (χ0v) is 15.6. The Labute approximate surface area is 156 Å². The maximum Gasteiger partial charge on any atom is 0.256 e. The number of sulfonamides is 1. The van der Waals surface area contributed by atoms with Crippen LogP contribution in [0.2, 0.25) is 0 Å². The van der Waals surface area contributed by atoms with Crippen LogP contribution in [0.25, 0.3) is 11.6 Å². The normalized spacial score (nSPS) is 17.7. The van der Waals surface area contributed by atoms with Gasteiger partial charge in [0.2, 0.25) is 10.0 Å². The van der Waals surface area contributed by atoms with Gasteiger partial charge in [0, 0.05) is 43.8 Å². The molecule has 0 radical (unpaired) electrons. The van der Waals surface area contributed by atoms with Crippen molar-refractivity contribution in [2.45, 2.75) is 11.3 Å². The van der Waals surface area contributed by atoms with Gasteiger partial charge in [0.15, 0.2) is 0 Å². The van der Waals surface area contributed by atoms with Gasteiger partial charge in [-0.2, -0.15) is 0 Å². The van der Waals surface area contributed by atoms with Crippen molar-refractivity contribution in [1.29, 1.82) is 0 Å². The van der Waals surface area contributed by atoms with Crippen molar-refractivity contribution in [1.82, 2.24) is 14.6 Å². The Balaban J connectivity index is 1.82. The number of hydrogen-bond acceptors (Lipinski definition) is 4. The van der Waals surface area contributed by atoms with Crippen LogP contribution in [0.4, 0.5) is 5.69 Å². The fourth-order valence-electron chi connectivity index (χ4n) is 3.29. The summed E-state index contributed by atoms with van der Waals surface area (Å²) in [6.07, 6.45) is 3.95. The highest BCUT2D eigenvalue weighted by Crippen LogP contribution is 2.35. The van der Waals surface area contributed by atoms with Gasteiger partial charge < -0.3 is 15.6 Å². The molecule has 0 bridgehead atoms. The molecule has 0 fully saturated rings. The van der Waals surface area contributed by atoms with Crippen molar-refractivity contribution < 1.29 is 18.0 Å². The van der Waals surface area contributed by atoms with Gasteiger partial charge in [-0.05, 0) is 36.3 Å². The molecule has 0 aliphatic carbocycles. The number of H-pyrrole nitrogens is 1. The molecule has 9 heteroatoms. The summed E-state index contributed by atoms with van der Waals surface area (Å²) >= 11 is 0. The van der Waals surface area contributed by atoms with E-state index in [9.17, 15) is 18.0 Å². The monoisotopic (exact) mass is 386 g/mol. The van der Waals surface area contributed by atoms with E-state index in [0.29, 0.717) is 41.0 Å². The Bertz CT molecular complexity index is 1110. The quantitative estimate of drug-likeness (QED) is 0.685. The molecular formula is C18H18N4O4S. The lowest BCUT2D eigenvalue weighted by Crippen LogP contribution is -2.31. The van der Waals surface area contributed by atoms with E-state index in [1.807, 2.05) is 0 Å². The van der Waals surface area contributed by atoms with Crippen LogP contribution in [0.5, 0.6) is 0 Å². The summed E-state index contributed by atoms with van der Waals surface area (Å²) in [4.78, 5) is 27.5. The average molecular weight is 386 g/mol. The molecule has 0 unspecified atom stereocenters. The number of carbonyl (C=O) groups excluding carboxylic acids is 2. The zero-order valence-electron chi connectivity index (χ0n) is 14.8. The zero-order chi connectivity index (χ0) is 19.3. The van der Waals surface area contributed by atoms with Crippen molar-refractivity contribution in [3.8, 4) is 0 Å². The third kappa shape index (κ3) is 2.75. The van der Waals surface area contributed by atoms with Crippen LogP contribution in [0.1, 0.15) is 27.2 Å². The molecule has 3 heterocycles. The minimum atomic E-state index is -3.62. The summed E-state index contributed by atoms with van der Waals surface area (Å²) in [5.74, 6) is -0.458. The average Bonchev–Trinajstić information content (AvgIpc) is 3.17. The van der Waals surface area contributed by atoms with E-state index in [0.717, 1.165) is 9.87 Å². The van der Waals surface area contributed by atoms with E-state index < -0.39 is 10.0 Å². The van der Waals surface area contributed by atoms with Gasteiger partial charge in [-0.3, -0.25) is 9.59 Å². The Morgan fingerprint density at radius 2 is 1.89 bits per heavy atom. The molecular weight excluding hydrogens is 368 g/mol. The van der Waals surface area contributed by atoms with Gasteiger partial charge in [0.25, 0.3) is 11.8 Å². The molecule has 3 N–H and O–H groups in total. The summed E-state index contributed by atoms with van der Waals surface area (Å²) in [6.45, 7) is 0.536. The number of anilines is 1. The topological polar surface area (TPSA) is 111 Å². The van der Waals surface area contributed by atoms with E-state index in [-0.39, 0.29) is 16.7 Å². The fraction of sp³-hybridized carbons (Fsp3) is 0.222. The number of rotatable bonds is 3. The minimum Gasteiger partial charge on any atom is -0.361 e. The molecule has 8 nitrogen and oxygen atoms in total. The summed E-state index contributed by atoms with van der Waals surface area (Å²) in [5, 5.41) is 5.52. The first kappa shape index (κ1) is 17.5. The van der Waals surface area contributed by atoms with Gasteiger partial charge in [0.05, 0.1) is 16.0 Å². The highest BCUT2D eigenvalue weighted by Gasteiger charge is 2.28. The third-order valence-corrected chi connectivity index (χ3v) is 6.58. The SMILES string of the molecule is CN(C)S(=O)(=O)c1ccc2c(c1)/C(=C/c1[nH]cc3c1CCNC3=O)C(=O)N2. The molecule has 2 aliphatic heterocycles. The van der Waals surface area contributed by atoms with E-state index in [4.69, 9.17) is 0 Å². The van der Waals surface area contributed by atoms with E-state index in [1.54, 1.807) is 18.3 Å². The predicted molar refractivity (Wildman–Crippen MR) is 101 cm³/mol. The number of aromatic nitrogens is 1. The number of nitrogens with zero attached hydrogens (tertiary/aromatic N) is 1. The first-order valence-corrected chi connectivity index (χ1v) is 9.81. The van der Waals surface area contributed by atoms with Gasteiger partial charge in [-0.25, -0.2) is 12.7 Å². The molecule has 0 saturated heterocycles. The molecule has 1 aromatic heterocycles. The summed E-state index contributed by atoms with van der Waals surface area (Å²) in [6, 6.07) is 4.55. The van der Waals surface area contributed by atoms with E-state index in [1.165, 1.54) is 26.2 Å². The molecule has 0 spiro atoms. The number of benzene rings is 1.